The van der Waals surface area contributed by atoms with E-state index in [1.807, 2.05) is 30.3 Å². The zero-order valence-corrected chi connectivity index (χ0v) is 23.0. The van der Waals surface area contributed by atoms with Crippen LogP contribution in [0.15, 0.2) is 108 Å². The van der Waals surface area contributed by atoms with Gasteiger partial charge < -0.3 is 9.15 Å². The van der Waals surface area contributed by atoms with Gasteiger partial charge in [-0.15, -0.1) is 10.2 Å². The Bertz CT molecular complexity index is 1520. The van der Waals surface area contributed by atoms with Crippen LogP contribution in [0.4, 0.5) is 0 Å². The summed E-state index contributed by atoms with van der Waals surface area (Å²) in [5.74, 6) is 1.03. The number of rotatable bonds is 8. The summed E-state index contributed by atoms with van der Waals surface area (Å²) < 4.78 is 12.1. The summed E-state index contributed by atoms with van der Waals surface area (Å²) in [4.78, 5) is 0. The van der Waals surface area contributed by atoms with Crippen molar-refractivity contribution in [1.82, 2.24) is 10.2 Å². The lowest BCUT2D eigenvalue weighted by Crippen LogP contribution is -2.10. The van der Waals surface area contributed by atoms with Crippen molar-refractivity contribution in [3.05, 3.63) is 126 Å². The topological polar surface area (TPSA) is 48.2 Å². The van der Waals surface area contributed by atoms with E-state index in [0.717, 1.165) is 38.9 Å². The lowest BCUT2D eigenvalue weighted by Gasteiger charge is -2.18. The molecule has 1 heterocycles. The Morgan fingerprint density at radius 1 is 0.718 bits per heavy atom. The monoisotopic (exact) mass is 514 g/mol. The van der Waals surface area contributed by atoms with Gasteiger partial charge >= 0.3 is 0 Å². The summed E-state index contributed by atoms with van der Waals surface area (Å²) in [5, 5.41) is 8.55. The van der Waals surface area contributed by atoms with Crippen molar-refractivity contribution < 1.29 is 9.15 Å². The first kappa shape index (κ1) is 26.3. The van der Waals surface area contributed by atoms with E-state index >= 15 is 0 Å². The summed E-state index contributed by atoms with van der Waals surface area (Å²) in [6, 6.07) is 33.3. The van der Waals surface area contributed by atoms with Crippen LogP contribution in [0.5, 0.6) is 0 Å². The summed E-state index contributed by atoms with van der Waals surface area (Å²) >= 11 is 0. The van der Waals surface area contributed by atoms with E-state index in [1.54, 1.807) is 0 Å². The lowest BCUT2D eigenvalue weighted by molar-refractivity contribution is 0.0526. The predicted molar refractivity (Wildman–Crippen MR) is 159 cm³/mol. The molecular formula is C35H34N2O2. The van der Waals surface area contributed by atoms with Crippen LogP contribution in [0.2, 0.25) is 0 Å². The van der Waals surface area contributed by atoms with Crippen LogP contribution in [0.1, 0.15) is 56.1 Å². The number of hydrogen-bond acceptors (Lipinski definition) is 4. The highest BCUT2D eigenvalue weighted by molar-refractivity contribution is 5.68. The van der Waals surface area contributed by atoms with E-state index in [4.69, 9.17) is 9.15 Å². The van der Waals surface area contributed by atoms with E-state index < -0.39 is 0 Å². The van der Waals surface area contributed by atoms with Crippen LogP contribution in [-0.2, 0) is 16.8 Å². The van der Waals surface area contributed by atoms with E-state index in [9.17, 15) is 0 Å². The Balaban J connectivity index is 1.22. The average Bonchev–Trinajstić information content (AvgIpc) is 3.46. The smallest absolute Gasteiger partial charge is 0.248 e. The minimum Gasteiger partial charge on any atom is -0.416 e. The highest BCUT2D eigenvalue weighted by atomic mass is 16.5. The van der Waals surface area contributed by atoms with Gasteiger partial charge in [-0.25, -0.2) is 0 Å². The zero-order chi connectivity index (χ0) is 27.4. The number of aromatic nitrogens is 2. The molecule has 4 aromatic carbocycles. The fourth-order valence-electron chi connectivity index (χ4n) is 4.39. The second-order valence-electron chi connectivity index (χ2n) is 10.8. The molecule has 0 amide bonds. The quantitative estimate of drug-likeness (QED) is 0.207. The van der Waals surface area contributed by atoms with Gasteiger partial charge in [0.25, 0.3) is 0 Å². The second-order valence-corrected chi connectivity index (χ2v) is 10.8. The van der Waals surface area contributed by atoms with E-state index in [-0.39, 0.29) is 11.5 Å². The molecule has 0 saturated heterocycles. The van der Waals surface area contributed by atoms with Crippen LogP contribution in [-0.4, -0.2) is 10.2 Å². The highest BCUT2D eigenvalue weighted by Crippen LogP contribution is 2.30. The molecule has 5 aromatic rings. The van der Waals surface area contributed by atoms with Gasteiger partial charge in [0.15, 0.2) is 0 Å². The molecule has 1 aromatic heterocycles. The van der Waals surface area contributed by atoms with Gasteiger partial charge in [-0.3, -0.25) is 0 Å². The van der Waals surface area contributed by atoms with Gasteiger partial charge in [0.2, 0.25) is 11.8 Å². The van der Waals surface area contributed by atoms with Gasteiger partial charge in [0, 0.05) is 11.1 Å². The van der Waals surface area contributed by atoms with E-state index in [1.165, 1.54) is 5.56 Å². The van der Waals surface area contributed by atoms with Crippen molar-refractivity contribution in [2.45, 2.75) is 45.8 Å². The molecule has 0 fully saturated rings. The molecule has 5 rings (SSSR count). The van der Waals surface area contributed by atoms with Crippen molar-refractivity contribution in [2.24, 2.45) is 0 Å². The molecule has 0 N–H and O–H groups in total. The maximum absolute atomic E-state index is 6.10. The first-order valence-electron chi connectivity index (χ1n) is 13.3. The fourth-order valence-corrected chi connectivity index (χ4v) is 4.39. The Morgan fingerprint density at radius 3 is 1.72 bits per heavy atom. The Morgan fingerprint density at radius 2 is 1.21 bits per heavy atom. The molecule has 0 aliphatic carbocycles. The average molecular weight is 515 g/mol. The van der Waals surface area contributed by atoms with Crippen molar-refractivity contribution in [3.63, 3.8) is 0 Å². The number of nitrogens with zero attached hydrogens (tertiary/aromatic N) is 2. The minimum absolute atomic E-state index is 0.00287. The standard InChI is InChI=1S/C35H34N2O2/c1-6-25-7-9-26(10-8-25)23-38-24(2)27-11-13-28(14-12-27)29-15-17-30(18-16-29)33-36-37-34(39-33)31-19-21-32(22-20-31)35(3,4)5/h6-22,24H,1,23H2,2-5H3. The molecule has 1 atom stereocenters. The molecule has 4 heteroatoms. The minimum atomic E-state index is -0.00287. The van der Waals surface area contributed by atoms with Crippen LogP contribution in [0.3, 0.4) is 0 Å². The molecule has 196 valence electrons. The molecule has 4 nitrogen and oxygen atoms in total. The first-order chi connectivity index (χ1) is 18.8. The Kier molecular flexibility index (Phi) is 7.58. The predicted octanol–water partition coefficient (Wildman–Crippen LogP) is 9.29. The van der Waals surface area contributed by atoms with Gasteiger partial charge in [-0.1, -0.05) is 106 Å². The Labute approximate surface area is 231 Å². The molecular weight excluding hydrogens is 480 g/mol. The van der Waals surface area contributed by atoms with Crippen LogP contribution in [0, 0.1) is 0 Å². The third-order valence-corrected chi connectivity index (χ3v) is 6.98. The largest absolute Gasteiger partial charge is 0.416 e. The van der Waals surface area contributed by atoms with E-state index in [2.05, 4.69) is 117 Å². The first-order valence-corrected chi connectivity index (χ1v) is 13.3. The normalized spacial score (nSPS) is 12.3. The van der Waals surface area contributed by atoms with Crippen molar-refractivity contribution in [1.29, 1.82) is 0 Å². The molecule has 39 heavy (non-hydrogen) atoms. The van der Waals surface area contributed by atoms with Crippen LogP contribution in [0.25, 0.3) is 40.1 Å². The van der Waals surface area contributed by atoms with Crippen LogP contribution < -0.4 is 0 Å². The summed E-state index contributed by atoms with van der Waals surface area (Å²) in [6.45, 7) is 13.1. The highest BCUT2D eigenvalue weighted by Gasteiger charge is 2.15. The summed E-state index contributed by atoms with van der Waals surface area (Å²) in [6.07, 6.45) is 1.84. The zero-order valence-electron chi connectivity index (χ0n) is 23.0. The summed E-state index contributed by atoms with van der Waals surface area (Å²) in [5.41, 5.74) is 8.85. The van der Waals surface area contributed by atoms with Crippen molar-refractivity contribution in [2.75, 3.05) is 0 Å². The number of benzene rings is 4. The molecule has 0 spiro atoms. The van der Waals surface area contributed by atoms with Crippen molar-refractivity contribution in [3.8, 4) is 34.0 Å². The number of hydrogen-bond donors (Lipinski definition) is 0. The SMILES string of the molecule is C=Cc1ccc(COC(C)c2ccc(-c3ccc(-c4nnc(-c5ccc(C(C)(C)C)cc5)o4)cc3)cc2)cc1. The Hall–Kier alpha value is -4.28. The third-order valence-electron chi connectivity index (χ3n) is 6.98. The van der Waals surface area contributed by atoms with Gasteiger partial charge in [-0.2, -0.15) is 0 Å². The van der Waals surface area contributed by atoms with Gasteiger partial charge in [0.05, 0.1) is 12.7 Å². The summed E-state index contributed by atoms with van der Waals surface area (Å²) in [7, 11) is 0. The lowest BCUT2D eigenvalue weighted by atomic mass is 9.87. The molecule has 0 aliphatic heterocycles. The third kappa shape index (κ3) is 6.24. The molecule has 1 unspecified atom stereocenters. The molecule has 0 bridgehead atoms. The molecule has 0 aliphatic rings. The van der Waals surface area contributed by atoms with Crippen molar-refractivity contribution >= 4 is 6.08 Å². The van der Waals surface area contributed by atoms with Crippen LogP contribution >= 0.6 is 0 Å². The number of ether oxygens (including phenoxy) is 1. The van der Waals surface area contributed by atoms with Gasteiger partial charge in [-0.05, 0) is 70.0 Å². The molecule has 0 saturated carbocycles. The van der Waals surface area contributed by atoms with E-state index in [0.29, 0.717) is 18.4 Å². The second kappa shape index (κ2) is 11.2. The fraction of sp³-hybridized carbons (Fsp3) is 0.200. The maximum atomic E-state index is 6.10. The maximum Gasteiger partial charge on any atom is 0.248 e. The van der Waals surface area contributed by atoms with Gasteiger partial charge in [0.1, 0.15) is 0 Å². The molecule has 0 radical (unpaired) electrons.